The minimum atomic E-state index is -3.27. The number of hydrogen-bond donors (Lipinski definition) is 0. The van der Waals surface area contributed by atoms with Crippen LogP contribution in [0, 0.1) is 0 Å². The second-order valence-electron chi connectivity index (χ2n) is 6.01. The normalized spacial score (nSPS) is 22.6. The van der Waals surface area contributed by atoms with Crippen LogP contribution in [-0.4, -0.2) is 14.2 Å². The molecule has 0 saturated heterocycles. The second kappa shape index (κ2) is 5.43. The van der Waals surface area contributed by atoms with Gasteiger partial charge in [-0.15, -0.1) is 0 Å². The summed E-state index contributed by atoms with van der Waals surface area (Å²) in [7, 11) is -3.27. The van der Waals surface area contributed by atoms with Crippen molar-refractivity contribution in [3.63, 3.8) is 0 Å². The number of sulfone groups is 1. The molecule has 0 amide bonds. The third kappa shape index (κ3) is 2.29. The van der Waals surface area contributed by atoms with Gasteiger partial charge in [0.05, 0.1) is 10.1 Å². The van der Waals surface area contributed by atoms with Crippen LogP contribution in [-0.2, 0) is 28.4 Å². The van der Waals surface area contributed by atoms with Gasteiger partial charge in [0.1, 0.15) is 0 Å². The molecule has 1 unspecified atom stereocenters. The van der Waals surface area contributed by atoms with Gasteiger partial charge in [0, 0.05) is 5.75 Å². The SMILES string of the molecule is O=S1(=O)c2ccccc2CCC1c1ccc2c(c1)CSCC2. The molecule has 4 heteroatoms. The molecule has 1 atom stereocenters. The molecule has 2 nitrogen and oxygen atoms in total. The smallest absolute Gasteiger partial charge is 0.185 e. The van der Waals surface area contributed by atoms with Gasteiger partial charge in [-0.2, -0.15) is 11.8 Å². The Kier molecular flexibility index (Phi) is 3.54. The predicted octanol–water partition coefficient (Wildman–Crippen LogP) is 3.94. The summed E-state index contributed by atoms with van der Waals surface area (Å²) in [5.41, 5.74) is 4.64. The Morgan fingerprint density at radius 2 is 1.82 bits per heavy atom. The molecular formula is C18H18O2S2. The third-order valence-corrected chi connectivity index (χ3v) is 7.98. The summed E-state index contributed by atoms with van der Waals surface area (Å²) >= 11 is 1.93. The van der Waals surface area contributed by atoms with Crippen molar-refractivity contribution in [1.82, 2.24) is 0 Å². The molecule has 0 aliphatic carbocycles. The van der Waals surface area contributed by atoms with E-state index in [9.17, 15) is 8.42 Å². The van der Waals surface area contributed by atoms with E-state index < -0.39 is 9.84 Å². The first kappa shape index (κ1) is 14.3. The average Bonchev–Trinajstić information content (AvgIpc) is 2.54. The van der Waals surface area contributed by atoms with Crippen LogP contribution in [0.25, 0.3) is 0 Å². The van der Waals surface area contributed by atoms with E-state index in [1.165, 1.54) is 16.9 Å². The lowest BCUT2D eigenvalue weighted by Gasteiger charge is -2.26. The van der Waals surface area contributed by atoms with Crippen LogP contribution in [0.15, 0.2) is 47.4 Å². The van der Waals surface area contributed by atoms with Crippen molar-refractivity contribution < 1.29 is 8.42 Å². The molecule has 2 aromatic rings. The van der Waals surface area contributed by atoms with Gasteiger partial charge in [0.25, 0.3) is 0 Å². The van der Waals surface area contributed by atoms with E-state index in [-0.39, 0.29) is 5.25 Å². The fourth-order valence-corrected chi connectivity index (χ4v) is 6.56. The highest BCUT2D eigenvalue weighted by molar-refractivity contribution is 7.98. The van der Waals surface area contributed by atoms with Gasteiger partial charge in [-0.1, -0.05) is 36.4 Å². The quantitative estimate of drug-likeness (QED) is 0.794. The molecule has 2 aliphatic heterocycles. The van der Waals surface area contributed by atoms with E-state index in [4.69, 9.17) is 0 Å². The lowest BCUT2D eigenvalue weighted by Crippen LogP contribution is -2.21. The molecule has 0 spiro atoms. The van der Waals surface area contributed by atoms with E-state index in [0.717, 1.165) is 29.7 Å². The summed E-state index contributed by atoms with van der Waals surface area (Å²) in [5.74, 6) is 2.17. The van der Waals surface area contributed by atoms with Gasteiger partial charge >= 0.3 is 0 Å². The minimum absolute atomic E-state index is 0.389. The van der Waals surface area contributed by atoms with Crippen LogP contribution in [0.5, 0.6) is 0 Å². The molecule has 0 bridgehead atoms. The first-order chi connectivity index (χ1) is 10.7. The standard InChI is InChI=1S/C18H18O2S2/c19-22(20)17-4-2-1-3-14(17)7-8-18(22)15-6-5-13-9-10-21-12-16(13)11-15/h1-6,11,18H,7-10,12H2. The van der Waals surface area contributed by atoms with Gasteiger partial charge in [-0.05, 0) is 53.3 Å². The fourth-order valence-electron chi connectivity index (χ4n) is 3.52. The second-order valence-corrected chi connectivity index (χ2v) is 9.21. The Morgan fingerprint density at radius 1 is 0.955 bits per heavy atom. The van der Waals surface area contributed by atoms with Gasteiger partial charge in [0.2, 0.25) is 0 Å². The topological polar surface area (TPSA) is 34.1 Å². The highest BCUT2D eigenvalue weighted by Crippen LogP contribution is 2.40. The monoisotopic (exact) mass is 330 g/mol. The molecule has 2 heterocycles. The zero-order valence-electron chi connectivity index (χ0n) is 12.3. The fraction of sp³-hybridized carbons (Fsp3) is 0.333. The number of benzene rings is 2. The molecule has 4 rings (SSSR count). The summed E-state index contributed by atoms with van der Waals surface area (Å²) in [6.45, 7) is 0. The van der Waals surface area contributed by atoms with Crippen LogP contribution in [0.4, 0.5) is 0 Å². The molecule has 114 valence electrons. The number of thioether (sulfide) groups is 1. The zero-order valence-corrected chi connectivity index (χ0v) is 13.9. The van der Waals surface area contributed by atoms with Crippen molar-refractivity contribution in [3.05, 3.63) is 64.7 Å². The van der Waals surface area contributed by atoms with Crippen LogP contribution in [0.2, 0.25) is 0 Å². The van der Waals surface area contributed by atoms with Crippen molar-refractivity contribution >= 4 is 21.6 Å². The molecule has 2 aromatic carbocycles. The van der Waals surface area contributed by atoms with E-state index in [1.54, 1.807) is 6.07 Å². The van der Waals surface area contributed by atoms with Crippen molar-refractivity contribution in [2.24, 2.45) is 0 Å². The Hall–Kier alpha value is -1.26. The lowest BCUT2D eigenvalue weighted by molar-refractivity contribution is 0.564. The van der Waals surface area contributed by atoms with Crippen molar-refractivity contribution in [1.29, 1.82) is 0 Å². The van der Waals surface area contributed by atoms with Crippen LogP contribution in [0.1, 0.15) is 33.9 Å². The molecule has 0 fully saturated rings. The van der Waals surface area contributed by atoms with Crippen molar-refractivity contribution in [2.75, 3.05) is 5.75 Å². The minimum Gasteiger partial charge on any atom is -0.223 e. The zero-order chi connectivity index (χ0) is 15.2. The maximum atomic E-state index is 13.0. The summed E-state index contributed by atoms with van der Waals surface area (Å²) in [6.07, 6.45) is 2.62. The maximum Gasteiger partial charge on any atom is 0.185 e. The van der Waals surface area contributed by atoms with Crippen LogP contribution >= 0.6 is 11.8 Å². The van der Waals surface area contributed by atoms with Gasteiger partial charge in [0.15, 0.2) is 9.84 Å². The number of fused-ring (bicyclic) bond motifs is 2. The van der Waals surface area contributed by atoms with E-state index in [2.05, 4.69) is 12.1 Å². The first-order valence-electron chi connectivity index (χ1n) is 7.67. The van der Waals surface area contributed by atoms with E-state index >= 15 is 0 Å². The highest BCUT2D eigenvalue weighted by atomic mass is 32.2. The summed E-state index contributed by atoms with van der Waals surface area (Å²) < 4.78 is 25.9. The molecule has 0 saturated carbocycles. The van der Waals surface area contributed by atoms with Gasteiger partial charge < -0.3 is 0 Å². The maximum absolute atomic E-state index is 13.0. The van der Waals surface area contributed by atoms with E-state index in [0.29, 0.717) is 11.3 Å². The highest BCUT2D eigenvalue weighted by Gasteiger charge is 2.34. The number of rotatable bonds is 1. The number of aryl methyl sites for hydroxylation is 2. The Labute approximate surface area is 135 Å². The summed E-state index contributed by atoms with van der Waals surface area (Å²) in [4.78, 5) is 0.526. The lowest BCUT2D eigenvalue weighted by atomic mass is 9.98. The van der Waals surface area contributed by atoms with Crippen molar-refractivity contribution in [3.8, 4) is 0 Å². The van der Waals surface area contributed by atoms with E-state index in [1.807, 2.05) is 36.0 Å². The Balaban J connectivity index is 1.78. The molecule has 0 N–H and O–H groups in total. The van der Waals surface area contributed by atoms with Crippen LogP contribution < -0.4 is 0 Å². The summed E-state index contributed by atoms with van der Waals surface area (Å²) in [5, 5.41) is -0.389. The predicted molar refractivity (Wildman–Crippen MR) is 91.0 cm³/mol. The first-order valence-corrected chi connectivity index (χ1v) is 10.4. The molecule has 22 heavy (non-hydrogen) atoms. The number of hydrogen-bond acceptors (Lipinski definition) is 3. The molecular weight excluding hydrogens is 312 g/mol. The van der Waals surface area contributed by atoms with Crippen molar-refractivity contribution in [2.45, 2.75) is 35.2 Å². The molecule has 0 radical (unpaired) electrons. The summed E-state index contributed by atoms with van der Waals surface area (Å²) in [6, 6.07) is 13.7. The van der Waals surface area contributed by atoms with Gasteiger partial charge in [-0.3, -0.25) is 0 Å². The molecule has 2 aliphatic rings. The Bertz CT molecular complexity index is 825. The van der Waals surface area contributed by atoms with Crippen LogP contribution in [0.3, 0.4) is 0 Å². The third-order valence-electron chi connectivity index (χ3n) is 4.70. The van der Waals surface area contributed by atoms with Gasteiger partial charge in [-0.25, -0.2) is 8.42 Å². The average molecular weight is 330 g/mol. The largest absolute Gasteiger partial charge is 0.223 e. The Morgan fingerprint density at radius 3 is 2.73 bits per heavy atom. The molecule has 0 aromatic heterocycles.